The molecule has 4 heteroatoms. The van der Waals surface area contributed by atoms with Crippen molar-refractivity contribution in [2.24, 2.45) is 0 Å². The highest BCUT2D eigenvalue weighted by Crippen LogP contribution is 2.18. The summed E-state index contributed by atoms with van der Waals surface area (Å²) in [4.78, 5) is 8.78. The first kappa shape index (κ1) is 13.1. The number of nitrogens with zero attached hydrogens (tertiary/aromatic N) is 2. The molecular formula is C16H19N3O. The molecule has 3 rings (SSSR count). The van der Waals surface area contributed by atoms with Crippen LogP contribution in [0.5, 0.6) is 5.75 Å². The highest BCUT2D eigenvalue weighted by atomic mass is 16.5. The molecule has 0 radical (unpaired) electrons. The third-order valence-electron chi connectivity index (χ3n) is 3.49. The first-order valence-corrected chi connectivity index (χ1v) is 7.08. The number of hydrogen-bond donors (Lipinski definition) is 1. The van der Waals surface area contributed by atoms with Gasteiger partial charge in [-0.1, -0.05) is 29.8 Å². The Hall–Kier alpha value is -1.94. The number of ether oxygens (including phenoxy) is 1. The maximum absolute atomic E-state index is 5.88. The minimum absolute atomic E-state index is 0.234. The lowest BCUT2D eigenvalue weighted by Crippen LogP contribution is -2.37. The summed E-state index contributed by atoms with van der Waals surface area (Å²) in [6.45, 7) is 4.06. The van der Waals surface area contributed by atoms with E-state index in [4.69, 9.17) is 4.74 Å². The molecule has 0 aliphatic carbocycles. The zero-order valence-electron chi connectivity index (χ0n) is 11.7. The van der Waals surface area contributed by atoms with Crippen molar-refractivity contribution in [3.8, 4) is 17.1 Å². The molecule has 1 fully saturated rings. The van der Waals surface area contributed by atoms with E-state index >= 15 is 0 Å². The van der Waals surface area contributed by atoms with Gasteiger partial charge in [-0.2, -0.15) is 0 Å². The summed E-state index contributed by atoms with van der Waals surface area (Å²) in [7, 11) is 0. The number of hydrogen-bond acceptors (Lipinski definition) is 4. The topological polar surface area (TPSA) is 47.0 Å². The Balaban J connectivity index is 1.69. The van der Waals surface area contributed by atoms with Crippen molar-refractivity contribution in [3.05, 3.63) is 42.2 Å². The van der Waals surface area contributed by atoms with Crippen LogP contribution in [0.15, 0.2) is 36.7 Å². The zero-order valence-corrected chi connectivity index (χ0v) is 11.7. The van der Waals surface area contributed by atoms with E-state index in [2.05, 4.69) is 34.3 Å². The maximum Gasteiger partial charge on any atom is 0.159 e. The summed E-state index contributed by atoms with van der Waals surface area (Å²) in [5.74, 6) is 1.48. The number of aromatic nitrogens is 2. The molecule has 1 saturated heterocycles. The molecule has 1 atom stereocenters. The van der Waals surface area contributed by atoms with Gasteiger partial charge < -0.3 is 10.1 Å². The molecule has 1 unspecified atom stereocenters. The van der Waals surface area contributed by atoms with Crippen LogP contribution in [-0.2, 0) is 0 Å². The third kappa shape index (κ3) is 3.14. The summed E-state index contributed by atoms with van der Waals surface area (Å²) in [6, 6.07) is 8.21. The van der Waals surface area contributed by atoms with Gasteiger partial charge in [-0.15, -0.1) is 0 Å². The van der Waals surface area contributed by atoms with Gasteiger partial charge in [0.1, 0.15) is 6.10 Å². The van der Waals surface area contributed by atoms with Crippen LogP contribution in [0.2, 0.25) is 0 Å². The highest BCUT2D eigenvalue weighted by Gasteiger charge is 2.14. The average Bonchev–Trinajstić information content (AvgIpc) is 2.50. The van der Waals surface area contributed by atoms with Crippen molar-refractivity contribution in [2.75, 3.05) is 13.1 Å². The van der Waals surface area contributed by atoms with Gasteiger partial charge in [0.25, 0.3) is 0 Å². The Morgan fingerprint density at radius 1 is 1.15 bits per heavy atom. The molecule has 4 nitrogen and oxygen atoms in total. The Bertz CT molecular complexity index is 545. The molecule has 20 heavy (non-hydrogen) atoms. The molecule has 0 spiro atoms. The quantitative estimate of drug-likeness (QED) is 0.930. The Morgan fingerprint density at radius 3 is 2.55 bits per heavy atom. The first-order valence-electron chi connectivity index (χ1n) is 7.08. The fourth-order valence-corrected chi connectivity index (χ4v) is 2.34. The molecular weight excluding hydrogens is 250 g/mol. The summed E-state index contributed by atoms with van der Waals surface area (Å²) in [6.07, 6.45) is 6.00. The van der Waals surface area contributed by atoms with Crippen molar-refractivity contribution >= 4 is 0 Å². The SMILES string of the molecule is Cc1ccc(-c2ncc(OC3CCCNC3)cn2)cc1. The summed E-state index contributed by atoms with van der Waals surface area (Å²) in [5.41, 5.74) is 2.26. The van der Waals surface area contributed by atoms with E-state index in [1.165, 1.54) is 5.56 Å². The molecule has 1 aliphatic heterocycles. The Kier molecular flexibility index (Phi) is 3.92. The minimum Gasteiger partial charge on any atom is -0.486 e. The smallest absolute Gasteiger partial charge is 0.159 e. The van der Waals surface area contributed by atoms with Crippen LogP contribution in [0.4, 0.5) is 0 Å². The van der Waals surface area contributed by atoms with E-state index in [0.29, 0.717) is 0 Å². The van der Waals surface area contributed by atoms with Gasteiger partial charge in [0, 0.05) is 12.1 Å². The highest BCUT2D eigenvalue weighted by molar-refractivity contribution is 5.55. The van der Waals surface area contributed by atoms with Crippen molar-refractivity contribution in [3.63, 3.8) is 0 Å². The normalized spacial score (nSPS) is 18.8. The van der Waals surface area contributed by atoms with E-state index in [0.717, 1.165) is 43.1 Å². The summed E-state index contributed by atoms with van der Waals surface area (Å²) in [5, 5.41) is 3.33. The van der Waals surface area contributed by atoms with E-state index in [1.54, 1.807) is 12.4 Å². The van der Waals surface area contributed by atoms with Crippen LogP contribution < -0.4 is 10.1 Å². The number of benzene rings is 1. The largest absolute Gasteiger partial charge is 0.486 e. The van der Waals surface area contributed by atoms with E-state index in [9.17, 15) is 0 Å². The average molecular weight is 269 g/mol. The minimum atomic E-state index is 0.234. The third-order valence-corrected chi connectivity index (χ3v) is 3.49. The number of aryl methyl sites for hydroxylation is 1. The van der Waals surface area contributed by atoms with Gasteiger partial charge in [0.05, 0.1) is 12.4 Å². The molecule has 0 bridgehead atoms. The Labute approximate surface area is 119 Å². The fraction of sp³-hybridized carbons (Fsp3) is 0.375. The first-order chi connectivity index (χ1) is 9.81. The lowest BCUT2D eigenvalue weighted by molar-refractivity contribution is 0.166. The zero-order chi connectivity index (χ0) is 13.8. The van der Waals surface area contributed by atoms with Crippen LogP contribution in [0.3, 0.4) is 0 Å². The predicted molar refractivity (Wildman–Crippen MR) is 78.7 cm³/mol. The van der Waals surface area contributed by atoms with Gasteiger partial charge in [-0.05, 0) is 26.3 Å². The van der Waals surface area contributed by atoms with Gasteiger partial charge in [-0.3, -0.25) is 0 Å². The fourth-order valence-electron chi connectivity index (χ4n) is 2.34. The monoisotopic (exact) mass is 269 g/mol. The van der Waals surface area contributed by atoms with Crippen LogP contribution in [0.1, 0.15) is 18.4 Å². The van der Waals surface area contributed by atoms with Crippen LogP contribution in [0.25, 0.3) is 11.4 Å². The second kappa shape index (κ2) is 6.01. The lowest BCUT2D eigenvalue weighted by atomic mass is 10.1. The van der Waals surface area contributed by atoms with Crippen molar-refractivity contribution in [1.29, 1.82) is 0 Å². The summed E-state index contributed by atoms with van der Waals surface area (Å²) < 4.78 is 5.88. The molecule has 0 saturated carbocycles. The van der Waals surface area contributed by atoms with Gasteiger partial charge in [0.15, 0.2) is 11.6 Å². The molecule has 2 aromatic rings. The standard InChI is InChI=1S/C16H19N3O/c1-12-4-6-13(7-5-12)16-18-10-15(11-19-16)20-14-3-2-8-17-9-14/h4-7,10-11,14,17H,2-3,8-9H2,1H3. The van der Waals surface area contributed by atoms with E-state index < -0.39 is 0 Å². The van der Waals surface area contributed by atoms with Gasteiger partial charge in [0.2, 0.25) is 0 Å². The van der Waals surface area contributed by atoms with E-state index in [-0.39, 0.29) is 6.10 Å². The molecule has 1 aliphatic rings. The lowest BCUT2D eigenvalue weighted by Gasteiger charge is -2.23. The van der Waals surface area contributed by atoms with Crippen molar-refractivity contribution < 1.29 is 4.74 Å². The molecule has 0 amide bonds. The number of nitrogens with one attached hydrogen (secondary N) is 1. The van der Waals surface area contributed by atoms with Crippen LogP contribution in [-0.4, -0.2) is 29.2 Å². The van der Waals surface area contributed by atoms with E-state index in [1.807, 2.05) is 12.1 Å². The van der Waals surface area contributed by atoms with Crippen LogP contribution >= 0.6 is 0 Å². The molecule has 1 N–H and O–H groups in total. The summed E-state index contributed by atoms with van der Waals surface area (Å²) >= 11 is 0. The maximum atomic E-state index is 5.88. The molecule has 1 aromatic carbocycles. The van der Waals surface area contributed by atoms with Crippen molar-refractivity contribution in [1.82, 2.24) is 15.3 Å². The Morgan fingerprint density at radius 2 is 1.90 bits per heavy atom. The predicted octanol–water partition coefficient (Wildman–Crippen LogP) is 2.58. The second-order valence-corrected chi connectivity index (χ2v) is 5.19. The molecule has 1 aromatic heterocycles. The van der Waals surface area contributed by atoms with Crippen molar-refractivity contribution in [2.45, 2.75) is 25.9 Å². The van der Waals surface area contributed by atoms with Gasteiger partial charge in [-0.25, -0.2) is 9.97 Å². The molecule has 2 heterocycles. The number of rotatable bonds is 3. The van der Waals surface area contributed by atoms with Crippen LogP contribution in [0, 0.1) is 6.92 Å². The molecule has 104 valence electrons. The van der Waals surface area contributed by atoms with Gasteiger partial charge >= 0.3 is 0 Å². The second-order valence-electron chi connectivity index (χ2n) is 5.19. The number of piperidine rings is 1.